The van der Waals surface area contributed by atoms with Crippen LogP contribution < -0.4 is 14.8 Å². The average Bonchev–Trinajstić information content (AvgIpc) is 2.79. The van der Waals surface area contributed by atoms with E-state index in [-0.39, 0.29) is 19.0 Å². The molecule has 1 aromatic rings. The molecule has 32 heavy (non-hydrogen) atoms. The van der Waals surface area contributed by atoms with Crippen LogP contribution in [0.25, 0.3) is 0 Å². The van der Waals surface area contributed by atoms with Gasteiger partial charge in [-0.1, -0.05) is 13.0 Å². The molecule has 1 heterocycles. The van der Waals surface area contributed by atoms with Crippen molar-refractivity contribution in [3.05, 3.63) is 46.3 Å². The third-order valence-electron chi connectivity index (χ3n) is 5.53. The lowest BCUT2D eigenvalue weighted by Gasteiger charge is -2.34. The number of rotatable bonds is 10. The van der Waals surface area contributed by atoms with Gasteiger partial charge in [0.05, 0.1) is 19.3 Å². The molecule has 1 unspecified atom stereocenters. The van der Waals surface area contributed by atoms with Crippen molar-refractivity contribution in [1.82, 2.24) is 5.32 Å². The van der Waals surface area contributed by atoms with Crippen LogP contribution in [0.1, 0.15) is 44.6 Å². The molecule has 1 aliphatic heterocycles. The molecule has 0 radical (unpaired) electrons. The number of dihydropyridines is 1. The Morgan fingerprint density at radius 1 is 1.25 bits per heavy atom. The summed E-state index contributed by atoms with van der Waals surface area (Å²) in [7, 11) is 1.53. The largest absolute Gasteiger partial charge is 0.493 e. The molecule has 8 heteroatoms. The quantitative estimate of drug-likeness (QED) is 0.405. The monoisotopic (exact) mass is 461 g/mol. The van der Waals surface area contributed by atoms with Crippen molar-refractivity contribution < 1.29 is 28.9 Å². The number of esters is 1. The maximum Gasteiger partial charge on any atom is 0.336 e. The van der Waals surface area contributed by atoms with Crippen LogP contribution in [0.3, 0.4) is 0 Å². The van der Waals surface area contributed by atoms with E-state index in [0.717, 1.165) is 35.6 Å². The second-order valence-corrected chi connectivity index (χ2v) is 8.97. The zero-order valence-corrected chi connectivity index (χ0v) is 19.7. The summed E-state index contributed by atoms with van der Waals surface area (Å²) in [6.07, 6.45) is 2.01. The topological polar surface area (TPSA) is 94.1 Å². The molecule has 0 amide bonds. The van der Waals surface area contributed by atoms with Gasteiger partial charge in [0.25, 0.3) is 0 Å². The molecule has 0 aromatic heterocycles. The van der Waals surface area contributed by atoms with Crippen LogP contribution in [0.4, 0.5) is 0 Å². The van der Waals surface area contributed by atoms with Gasteiger partial charge in [-0.25, -0.2) is 4.79 Å². The lowest BCUT2D eigenvalue weighted by atomic mass is 9.75. The maximum atomic E-state index is 13.2. The Balaban J connectivity index is 2.01. The van der Waals surface area contributed by atoms with E-state index >= 15 is 0 Å². The smallest absolute Gasteiger partial charge is 0.336 e. The second-order valence-electron chi connectivity index (χ2n) is 7.58. The number of ether oxygens (including phenoxy) is 3. The predicted molar refractivity (Wildman–Crippen MR) is 124 cm³/mol. The standard InChI is InChI=1S/C24H31NO6S/c1-4-32-13-12-31-24(28)21-15(2)25-17-6-5-7-18(27)23(17)22(21)16-8-9-19(30-11-10-26)20(14-16)29-3/h8-9,14,22,25-26H,4-7,10-13H2,1-3H3. The lowest BCUT2D eigenvalue weighted by molar-refractivity contribution is -0.138. The van der Waals surface area contributed by atoms with E-state index in [2.05, 4.69) is 12.2 Å². The molecule has 0 bridgehead atoms. The van der Waals surface area contributed by atoms with Gasteiger partial charge in [0.1, 0.15) is 13.2 Å². The molecule has 0 saturated carbocycles. The summed E-state index contributed by atoms with van der Waals surface area (Å²) < 4.78 is 16.6. The number of hydrogen-bond acceptors (Lipinski definition) is 8. The van der Waals surface area contributed by atoms with Crippen LogP contribution in [0.5, 0.6) is 11.5 Å². The van der Waals surface area contributed by atoms with Gasteiger partial charge in [-0.15, -0.1) is 0 Å². The highest BCUT2D eigenvalue weighted by atomic mass is 32.2. The molecule has 2 aliphatic rings. The van der Waals surface area contributed by atoms with Crippen molar-refractivity contribution in [3.8, 4) is 11.5 Å². The first-order chi connectivity index (χ1) is 15.5. The van der Waals surface area contributed by atoms with Crippen molar-refractivity contribution in [1.29, 1.82) is 0 Å². The number of aliphatic hydroxyl groups excluding tert-OH is 1. The van der Waals surface area contributed by atoms with Gasteiger partial charge in [0, 0.05) is 35.1 Å². The fraction of sp³-hybridized carbons (Fsp3) is 0.500. The molecule has 174 valence electrons. The van der Waals surface area contributed by atoms with E-state index in [1.54, 1.807) is 23.9 Å². The molecule has 1 aromatic carbocycles. The molecule has 7 nitrogen and oxygen atoms in total. The molecule has 3 rings (SSSR count). The second kappa shape index (κ2) is 11.4. The molecular formula is C24H31NO6S. The Morgan fingerprint density at radius 3 is 2.78 bits per heavy atom. The summed E-state index contributed by atoms with van der Waals surface area (Å²) in [4.78, 5) is 26.1. The van der Waals surface area contributed by atoms with Crippen LogP contribution in [0.2, 0.25) is 0 Å². The molecular weight excluding hydrogens is 430 g/mol. The summed E-state index contributed by atoms with van der Waals surface area (Å²) in [5.74, 6) is 1.74. The predicted octanol–water partition coefficient (Wildman–Crippen LogP) is 3.33. The van der Waals surface area contributed by atoms with Crippen LogP contribution in [0.15, 0.2) is 40.7 Å². The molecule has 1 aliphatic carbocycles. The number of carbonyl (C=O) groups is 2. The normalized spacial score (nSPS) is 18.2. The van der Waals surface area contributed by atoms with Gasteiger partial charge in [-0.2, -0.15) is 11.8 Å². The van der Waals surface area contributed by atoms with Gasteiger partial charge in [0.2, 0.25) is 0 Å². The van der Waals surface area contributed by atoms with Crippen LogP contribution >= 0.6 is 11.8 Å². The van der Waals surface area contributed by atoms with Crippen molar-refractivity contribution in [2.24, 2.45) is 0 Å². The number of aliphatic hydroxyl groups is 1. The van der Waals surface area contributed by atoms with Gasteiger partial charge in [-0.3, -0.25) is 4.79 Å². The minimum absolute atomic E-state index is 0.0441. The van der Waals surface area contributed by atoms with E-state index in [9.17, 15) is 9.59 Å². The Hall–Kier alpha value is -2.45. The van der Waals surface area contributed by atoms with E-state index < -0.39 is 11.9 Å². The highest BCUT2D eigenvalue weighted by Crippen LogP contribution is 2.44. The summed E-state index contributed by atoms with van der Waals surface area (Å²) in [5, 5.41) is 12.4. The minimum Gasteiger partial charge on any atom is -0.493 e. The number of ketones is 1. The third kappa shape index (κ3) is 5.30. The highest BCUT2D eigenvalue weighted by molar-refractivity contribution is 7.99. The number of carbonyl (C=O) groups excluding carboxylic acids is 2. The van der Waals surface area contributed by atoms with E-state index in [1.165, 1.54) is 7.11 Å². The Bertz CT molecular complexity index is 923. The first kappa shape index (κ1) is 24.2. The number of hydrogen-bond donors (Lipinski definition) is 2. The SMILES string of the molecule is CCSCCOC(=O)C1=C(C)NC2=C(C(=O)CCC2)C1c1ccc(OCCO)c(OC)c1. The fourth-order valence-corrected chi connectivity index (χ4v) is 4.63. The number of nitrogens with one attached hydrogen (secondary N) is 1. The molecule has 0 saturated heterocycles. The molecule has 2 N–H and O–H groups in total. The van der Waals surface area contributed by atoms with Crippen LogP contribution in [-0.2, 0) is 14.3 Å². The van der Waals surface area contributed by atoms with Crippen molar-refractivity contribution in [3.63, 3.8) is 0 Å². The van der Waals surface area contributed by atoms with Gasteiger partial charge >= 0.3 is 5.97 Å². The molecule has 0 spiro atoms. The lowest BCUT2D eigenvalue weighted by Crippen LogP contribution is -2.34. The van der Waals surface area contributed by atoms with E-state index in [4.69, 9.17) is 19.3 Å². The number of allylic oxidation sites excluding steroid dienone is 3. The minimum atomic E-state index is -0.536. The Kier molecular flexibility index (Phi) is 8.64. The van der Waals surface area contributed by atoms with Crippen LogP contribution in [0, 0.1) is 0 Å². The molecule has 0 fully saturated rings. The third-order valence-corrected chi connectivity index (χ3v) is 6.39. The zero-order chi connectivity index (χ0) is 23.1. The maximum absolute atomic E-state index is 13.2. The zero-order valence-electron chi connectivity index (χ0n) is 18.9. The van der Waals surface area contributed by atoms with Gasteiger partial charge < -0.3 is 24.6 Å². The van der Waals surface area contributed by atoms with Gasteiger partial charge in [0.15, 0.2) is 17.3 Å². The number of thioether (sulfide) groups is 1. The number of methoxy groups -OCH3 is 1. The van der Waals surface area contributed by atoms with Gasteiger partial charge in [-0.05, 0) is 43.2 Å². The Morgan fingerprint density at radius 2 is 2.06 bits per heavy atom. The summed E-state index contributed by atoms with van der Waals surface area (Å²) >= 11 is 1.71. The Labute approximate surface area is 193 Å². The average molecular weight is 462 g/mol. The summed E-state index contributed by atoms with van der Waals surface area (Å²) in [6, 6.07) is 5.38. The van der Waals surface area contributed by atoms with Crippen LogP contribution in [-0.4, -0.2) is 55.3 Å². The summed E-state index contributed by atoms with van der Waals surface area (Å²) in [6.45, 7) is 4.26. The van der Waals surface area contributed by atoms with Crippen molar-refractivity contribution >= 4 is 23.5 Å². The number of Topliss-reactive ketones (excluding diaryl/α,β-unsaturated/α-hetero) is 1. The van der Waals surface area contributed by atoms with Crippen molar-refractivity contribution in [2.45, 2.75) is 39.0 Å². The summed E-state index contributed by atoms with van der Waals surface area (Å²) in [5.41, 5.74) is 3.42. The highest BCUT2D eigenvalue weighted by Gasteiger charge is 2.39. The molecule has 1 atom stereocenters. The fourth-order valence-electron chi connectivity index (χ4n) is 4.14. The number of benzene rings is 1. The van der Waals surface area contributed by atoms with E-state index in [1.807, 2.05) is 13.0 Å². The first-order valence-electron chi connectivity index (χ1n) is 10.9. The van der Waals surface area contributed by atoms with Crippen molar-refractivity contribution in [2.75, 3.05) is 38.4 Å². The first-order valence-corrected chi connectivity index (χ1v) is 12.1. The van der Waals surface area contributed by atoms with E-state index in [0.29, 0.717) is 41.4 Å².